The van der Waals surface area contributed by atoms with Gasteiger partial charge in [-0.2, -0.15) is 0 Å². The summed E-state index contributed by atoms with van der Waals surface area (Å²) in [7, 11) is 0. The maximum atomic E-state index is 12.9. The molecule has 7 nitrogen and oxygen atoms in total. The number of aromatic nitrogens is 4. The molecule has 7 heteroatoms. The highest BCUT2D eigenvalue weighted by Crippen LogP contribution is 2.29. The van der Waals surface area contributed by atoms with Crippen LogP contribution in [0.15, 0.2) is 54.9 Å². The minimum Gasteiger partial charge on any atom is -0.337 e. The van der Waals surface area contributed by atoms with Gasteiger partial charge in [0.2, 0.25) is 11.9 Å². The number of piperazine rings is 1. The molecular formula is C25H26N6O. The van der Waals surface area contributed by atoms with Crippen molar-refractivity contribution in [3.8, 4) is 0 Å². The molecule has 1 fully saturated rings. The molecule has 0 spiro atoms. The van der Waals surface area contributed by atoms with Crippen LogP contribution in [0.5, 0.6) is 0 Å². The number of allylic oxidation sites excluding steroid dienone is 1. The van der Waals surface area contributed by atoms with Gasteiger partial charge in [0, 0.05) is 45.0 Å². The van der Waals surface area contributed by atoms with E-state index >= 15 is 0 Å². The zero-order valence-electron chi connectivity index (χ0n) is 18.2. The van der Waals surface area contributed by atoms with Crippen molar-refractivity contribution in [3.63, 3.8) is 0 Å². The van der Waals surface area contributed by atoms with Gasteiger partial charge in [-0.3, -0.25) is 4.79 Å². The van der Waals surface area contributed by atoms with Crippen molar-refractivity contribution in [3.05, 3.63) is 77.4 Å². The average Bonchev–Trinajstić information content (AvgIpc) is 2.83. The lowest BCUT2D eigenvalue weighted by atomic mass is 9.85. The molecule has 0 saturated carbocycles. The Morgan fingerprint density at radius 2 is 1.56 bits per heavy atom. The molecule has 0 N–H and O–H groups in total. The molecule has 1 aliphatic carbocycles. The van der Waals surface area contributed by atoms with Crippen LogP contribution in [0, 0.1) is 12.8 Å². The fourth-order valence-electron chi connectivity index (χ4n) is 4.44. The number of Topliss-reactive ketones (excluding diaryl/α,β-unsaturated/α-hetero) is 1. The summed E-state index contributed by atoms with van der Waals surface area (Å²) in [6, 6.07) is 12.0. The Labute approximate surface area is 187 Å². The van der Waals surface area contributed by atoms with Crippen molar-refractivity contribution < 1.29 is 4.79 Å². The van der Waals surface area contributed by atoms with E-state index in [4.69, 9.17) is 9.97 Å². The molecule has 32 heavy (non-hydrogen) atoms. The van der Waals surface area contributed by atoms with Crippen molar-refractivity contribution >= 4 is 23.8 Å². The van der Waals surface area contributed by atoms with Gasteiger partial charge < -0.3 is 9.80 Å². The SMILES string of the molecule is Cc1nc(N2CCN(c3ncccn3)CC2)nc2c1C(=O)C[C@@H](/C=C/c1ccccc1)C2. The topological polar surface area (TPSA) is 75.1 Å². The summed E-state index contributed by atoms with van der Waals surface area (Å²) in [4.78, 5) is 35.5. The number of benzene rings is 1. The van der Waals surface area contributed by atoms with E-state index in [1.54, 1.807) is 12.4 Å². The number of aryl methyl sites for hydroxylation is 1. The smallest absolute Gasteiger partial charge is 0.225 e. The molecule has 0 bridgehead atoms. The van der Waals surface area contributed by atoms with Crippen molar-refractivity contribution in [2.45, 2.75) is 19.8 Å². The van der Waals surface area contributed by atoms with Gasteiger partial charge in [0.15, 0.2) is 5.78 Å². The summed E-state index contributed by atoms with van der Waals surface area (Å²) < 4.78 is 0. The van der Waals surface area contributed by atoms with E-state index in [2.05, 4.69) is 44.1 Å². The van der Waals surface area contributed by atoms with Crippen LogP contribution < -0.4 is 9.80 Å². The maximum Gasteiger partial charge on any atom is 0.225 e. The lowest BCUT2D eigenvalue weighted by Crippen LogP contribution is -2.48. The largest absolute Gasteiger partial charge is 0.337 e. The van der Waals surface area contributed by atoms with Crippen LogP contribution in [0.4, 0.5) is 11.9 Å². The Hall–Kier alpha value is -3.61. The van der Waals surface area contributed by atoms with E-state index in [1.165, 1.54) is 0 Å². The van der Waals surface area contributed by atoms with Crippen LogP contribution in [0.3, 0.4) is 0 Å². The van der Waals surface area contributed by atoms with Gasteiger partial charge in [-0.05, 0) is 30.9 Å². The number of fused-ring (bicyclic) bond motifs is 1. The Morgan fingerprint density at radius 3 is 2.28 bits per heavy atom. The van der Waals surface area contributed by atoms with Crippen LogP contribution in [0.2, 0.25) is 0 Å². The first-order valence-corrected chi connectivity index (χ1v) is 11.1. The monoisotopic (exact) mass is 426 g/mol. The molecule has 2 aliphatic rings. The third-order valence-electron chi connectivity index (χ3n) is 6.09. The normalized spacial score (nSPS) is 18.8. The number of carbonyl (C=O) groups is 1. The minimum atomic E-state index is 0.143. The first kappa shape index (κ1) is 20.3. The first-order valence-electron chi connectivity index (χ1n) is 11.1. The van der Waals surface area contributed by atoms with E-state index in [0.717, 1.165) is 67.0 Å². The molecule has 5 rings (SSSR count). The number of anilines is 2. The van der Waals surface area contributed by atoms with E-state index in [1.807, 2.05) is 31.2 Å². The highest BCUT2D eigenvalue weighted by molar-refractivity contribution is 5.99. The minimum absolute atomic E-state index is 0.143. The molecule has 1 atom stereocenters. The highest BCUT2D eigenvalue weighted by Gasteiger charge is 2.29. The van der Waals surface area contributed by atoms with Crippen LogP contribution >= 0.6 is 0 Å². The Balaban J connectivity index is 1.32. The van der Waals surface area contributed by atoms with Gasteiger partial charge in [0.1, 0.15) is 0 Å². The van der Waals surface area contributed by atoms with Crippen molar-refractivity contribution in [2.75, 3.05) is 36.0 Å². The van der Waals surface area contributed by atoms with E-state index in [9.17, 15) is 4.79 Å². The molecule has 1 aromatic carbocycles. The maximum absolute atomic E-state index is 12.9. The first-order chi connectivity index (χ1) is 15.7. The van der Waals surface area contributed by atoms with E-state index in [0.29, 0.717) is 6.42 Å². The zero-order chi connectivity index (χ0) is 21.9. The third-order valence-corrected chi connectivity index (χ3v) is 6.09. The molecule has 1 saturated heterocycles. The standard InChI is InChI=1S/C25H26N6O/c1-18-23-21(16-20(17-22(23)32)9-8-19-6-3-2-4-7-19)29-25(28-18)31-14-12-30(13-15-31)24-26-10-5-11-27-24/h2-11,20H,12-17H2,1H3/b9-8+/t20-/m0/s1. The number of rotatable bonds is 4. The van der Waals surface area contributed by atoms with Gasteiger partial charge in [-0.1, -0.05) is 42.5 Å². The Bertz CT molecular complexity index is 1120. The van der Waals surface area contributed by atoms with Crippen molar-refractivity contribution in [2.24, 2.45) is 5.92 Å². The molecule has 0 radical (unpaired) electrons. The predicted molar refractivity (Wildman–Crippen MR) is 125 cm³/mol. The number of hydrogen-bond donors (Lipinski definition) is 0. The summed E-state index contributed by atoms with van der Waals surface area (Å²) in [6.07, 6.45) is 9.05. The summed E-state index contributed by atoms with van der Waals surface area (Å²) in [5.41, 5.74) is 3.52. The molecule has 1 aliphatic heterocycles. The third kappa shape index (κ3) is 4.23. The van der Waals surface area contributed by atoms with Gasteiger partial charge in [0.05, 0.1) is 17.0 Å². The fraction of sp³-hybridized carbons (Fsp3) is 0.320. The lowest BCUT2D eigenvalue weighted by Gasteiger charge is -2.35. The van der Waals surface area contributed by atoms with E-state index in [-0.39, 0.29) is 11.7 Å². The quantitative estimate of drug-likeness (QED) is 0.633. The fourth-order valence-corrected chi connectivity index (χ4v) is 4.44. The molecule has 2 aromatic heterocycles. The highest BCUT2D eigenvalue weighted by atomic mass is 16.1. The molecule has 0 amide bonds. The summed E-state index contributed by atoms with van der Waals surface area (Å²) >= 11 is 0. The molecule has 0 unspecified atom stereocenters. The zero-order valence-corrected chi connectivity index (χ0v) is 18.2. The van der Waals surface area contributed by atoms with Crippen LogP contribution in [0.1, 0.15) is 33.7 Å². The predicted octanol–water partition coefficient (Wildman–Crippen LogP) is 3.36. The second kappa shape index (κ2) is 8.86. The second-order valence-corrected chi connectivity index (χ2v) is 8.31. The lowest BCUT2D eigenvalue weighted by molar-refractivity contribution is 0.0956. The summed E-state index contributed by atoms with van der Waals surface area (Å²) in [5, 5.41) is 0. The average molecular weight is 427 g/mol. The molecule has 3 aromatic rings. The van der Waals surface area contributed by atoms with Crippen LogP contribution in [-0.4, -0.2) is 51.9 Å². The second-order valence-electron chi connectivity index (χ2n) is 8.31. The van der Waals surface area contributed by atoms with Crippen molar-refractivity contribution in [1.29, 1.82) is 0 Å². The van der Waals surface area contributed by atoms with Crippen LogP contribution in [0.25, 0.3) is 6.08 Å². The van der Waals surface area contributed by atoms with Crippen LogP contribution in [-0.2, 0) is 6.42 Å². The van der Waals surface area contributed by atoms with Gasteiger partial charge in [-0.25, -0.2) is 19.9 Å². The number of carbonyl (C=O) groups excluding carboxylic acids is 1. The van der Waals surface area contributed by atoms with E-state index < -0.39 is 0 Å². The van der Waals surface area contributed by atoms with Gasteiger partial charge in [0.25, 0.3) is 0 Å². The van der Waals surface area contributed by atoms with Gasteiger partial charge >= 0.3 is 0 Å². The molecule has 162 valence electrons. The summed E-state index contributed by atoms with van der Waals surface area (Å²) in [5.74, 6) is 1.78. The number of nitrogens with zero attached hydrogens (tertiary/aromatic N) is 6. The van der Waals surface area contributed by atoms with Crippen molar-refractivity contribution in [1.82, 2.24) is 19.9 Å². The van der Waals surface area contributed by atoms with Gasteiger partial charge in [-0.15, -0.1) is 0 Å². The molecule has 3 heterocycles. The Kier molecular flexibility index (Phi) is 5.62. The number of hydrogen-bond acceptors (Lipinski definition) is 7. The number of ketones is 1. The Morgan fingerprint density at radius 1 is 0.875 bits per heavy atom. The summed E-state index contributed by atoms with van der Waals surface area (Å²) in [6.45, 7) is 5.13. The molecular weight excluding hydrogens is 400 g/mol.